The van der Waals surface area contributed by atoms with Crippen molar-refractivity contribution >= 4 is 15.9 Å². The quantitative estimate of drug-likeness (QED) is 0.805. The van der Waals surface area contributed by atoms with Gasteiger partial charge in [0.1, 0.15) is 0 Å². The average molecular weight is 311 g/mol. The Bertz CT molecular complexity index is 774. The summed E-state index contributed by atoms with van der Waals surface area (Å²) in [4.78, 5) is 15.2. The van der Waals surface area contributed by atoms with E-state index in [1.807, 2.05) is 6.07 Å². The maximum absolute atomic E-state index is 12.4. The van der Waals surface area contributed by atoms with Crippen molar-refractivity contribution in [2.24, 2.45) is 0 Å². The summed E-state index contributed by atoms with van der Waals surface area (Å²) in [6.07, 6.45) is 3.05. The molecule has 8 heteroatoms. The molecule has 6 nitrogen and oxygen atoms in total. The van der Waals surface area contributed by atoms with Crippen LogP contribution in [0.5, 0.6) is 0 Å². The van der Waals surface area contributed by atoms with Gasteiger partial charge in [-0.25, -0.2) is 9.78 Å². The van der Waals surface area contributed by atoms with E-state index in [0.29, 0.717) is 12.2 Å². The minimum Gasteiger partial charge on any atom is -0.384 e. The highest BCUT2D eigenvalue weighted by molar-refractivity contribution is 7.86. The van der Waals surface area contributed by atoms with Crippen LogP contribution >= 0.6 is 0 Å². The molecular weight excluding hydrogens is 297 g/mol. The summed E-state index contributed by atoms with van der Waals surface area (Å²) < 4.78 is 34.7. The maximum Gasteiger partial charge on any atom is 0.347 e. The summed E-state index contributed by atoms with van der Waals surface area (Å²) in [6, 6.07) is 8.76. The van der Waals surface area contributed by atoms with Gasteiger partial charge in [0.05, 0.1) is 12.3 Å². The normalized spacial score (nSPS) is 11.3. The Morgan fingerprint density at radius 3 is 2.81 bits per heavy atom. The maximum atomic E-state index is 12.4. The Labute approximate surface area is 121 Å². The second-order valence-corrected chi connectivity index (χ2v) is 5.89. The number of anilines is 1. The number of rotatable bonds is 6. The van der Waals surface area contributed by atoms with Crippen LogP contribution in [0.4, 0.5) is 9.57 Å². The molecule has 0 bridgehead atoms. The van der Waals surface area contributed by atoms with Gasteiger partial charge in [0.25, 0.3) is 0 Å². The molecule has 112 valence electrons. The van der Waals surface area contributed by atoms with Crippen LogP contribution in [0, 0.1) is 0 Å². The van der Waals surface area contributed by atoms with E-state index >= 15 is 0 Å². The fourth-order valence-corrected chi connectivity index (χ4v) is 2.15. The lowest BCUT2D eigenvalue weighted by atomic mass is 10.2. The van der Waals surface area contributed by atoms with E-state index in [1.54, 1.807) is 30.5 Å². The highest BCUT2D eigenvalue weighted by Crippen LogP contribution is 2.11. The molecule has 2 aromatic rings. The largest absolute Gasteiger partial charge is 0.384 e. The van der Waals surface area contributed by atoms with Crippen LogP contribution in [-0.2, 0) is 16.8 Å². The Morgan fingerprint density at radius 1 is 1.29 bits per heavy atom. The Kier molecular flexibility index (Phi) is 4.69. The van der Waals surface area contributed by atoms with Crippen molar-refractivity contribution in [1.82, 2.24) is 9.55 Å². The summed E-state index contributed by atoms with van der Waals surface area (Å²) in [5, 5.41) is 2.82. The van der Waals surface area contributed by atoms with Crippen LogP contribution in [0.25, 0.3) is 0 Å². The van der Waals surface area contributed by atoms with Crippen molar-refractivity contribution in [2.75, 3.05) is 17.6 Å². The van der Waals surface area contributed by atoms with Crippen LogP contribution in [0.1, 0.15) is 5.56 Å². The standard InChI is InChI=1S/C13H14FN3O3S/c14-21(19,20)8-6-15-12-4-1-3-11(9-12)10-17-7-2-5-16-13(17)18/h1-5,7,9,15H,6,8,10H2. The van der Waals surface area contributed by atoms with E-state index in [4.69, 9.17) is 0 Å². The summed E-state index contributed by atoms with van der Waals surface area (Å²) in [5.41, 5.74) is 1.16. The van der Waals surface area contributed by atoms with Gasteiger partial charge in [-0.1, -0.05) is 12.1 Å². The zero-order chi connectivity index (χ0) is 15.3. The van der Waals surface area contributed by atoms with Gasteiger partial charge >= 0.3 is 15.9 Å². The molecule has 0 fully saturated rings. The van der Waals surface area contributed by atoms with E-state index in [2.05, 4.69) is 10.3 Å². The molecule has 0 aliphatic carbocycles. The van der Waals surface area contributed by atoms with E-state index in [9.17, 15) is 17.1 Å². The topological polar surface area (TPSA) is 81.1 Å². The molecular formula is C13H14FN3O3S. The van der Waals surface area contributed by atoms with Crippen LogP contribution in [0.3, 0.4) is 0 Å². The summed E-state index contributed by atoms with van der Waals surface area (Å²) in [7, 11) is -4.47. The molecule has 1 aromatic heterocycles. The molecule has 0 saturated carbocycles. The third-order valence-corrected chi connectivity index (χ3v) is 3.43. The lowest BCUT2D eigenvalue weighted by Crippen LogP contribution is -2.21. The van der Waals surface area contributed by atoms with Crippen molar-refractivity contribution in [3.63, 3.8) is 0 Å². The number of halogens is 1. The zero-order valence-electron chi connectivity index (χ0n) is 11.1. The first kappa shape index (κ1) is 15.2. The average Bonchev–Trinajstić information content (AvgIpc) is 2.40. The molecule has 0 aliphatic heterocycles. The number of nitrogens with one attached hydrogen (secondary N) is 1. The highest BCUT2D eigenvalue weighted by atomic mass is 32.3. The first-order chi connectivity index (χ1) is 9.94. The van der Waals surface area contributed by atoms with Crippen molar-refractivity contribution in [1.29, 1.82) is 0 Å². The van der Waals surface area contributed by atoms with Crippen LogP contribution < -0.4 is 11.0 Å². The molecule has 0 amide bonds. The van der Waals surface area contributed by atoms with Crippen molar-refractivity contribution < 1.29 is 12.3 Å². The van der Waals surface area contributed by atoms with Crippen molar-refractivity contribution in [2.45, 2.75) is 6.54 Å². The molecule has 0 atom stereocenters. The van der Waals surface area contributed by atoms with Gasteiger partial charge in [-0.3, -0.25) is 4.57 Å². The molecule has 1 aromatic carbocycles. The molecule has 0 saturated heterocycles. The first-order valence-electron chi connectivity index (χ1n) is 6.21. The monoisotopic (exact) mass is 311 g/mol. The predicted molar refractivity (Wildman–Crippen MR) is 77.4 cm³/mol. The summed E-state index contributed by atoms with van der Waals surface area (Å²) in [6.45, 7) is 0.332. The van der Waals surface area contributed by atoms with Crippen LogP contribution in [-0.4, -0.2) is 30.3 Å². The Balaban J connectivity index is 2.04. The molecule has 1 N–H and O–H groups in total. The third kappa shape index (κ3) is 4.99. The minimum atomic E-state index is -4.47. The lowest BCUT2D eigenvalue weighted by Gasteiger charge is -2.08. The van der Waals surface area contributed by atoms with Gasteiger partial charge in [-0.2, -0.15) is 8.42 Å². The van der Waals surface area contributed by atoms with Crippen LogP contribution in [0.2, 0.25) is 0 Å². The van der Waals surface area contributed by atoms with Gasteiger partial charge in [0, 0.05) is 24.6 Å². The SMILES string of the molecule is O=c1ncccn1Cc1cccc(NCCS(=O)(=O)F)c1. The summed E-state index contributed by atoms with van der Waals surface area (Å²) in [5.74, 6) is -0.584. The Hall–Kier alpha value is -2.22. The lowest BCUT2D eigenvalue weighted by molar-refractivity contribution is 0.552. The Morgan fingerprint density at radius 2 is 2.10 bits per heavy atom. The second-order valence-electron chi connectivity index (χ2n) is 4.40. The zero-order valence-corrected chi connectivity index (χ0v) is 11.9. The van der Waals surface area contributed by atoms with Crippen LogP contribution in [0.15, 0.2) is 47.5 Å². The number of aromatic nitrogens is 2. The number of hydrogen-bond acceptors (Lipinski definition) is 5. The fraction of sp³-hybridized carbons (Fsp3) is 0.231. The summed E-state index contributed by atoms with van der Waals surface area (Å²) >= 11 is 0. The smallest absolute Gasteiger partial charge is 0.347 e. The van der Waals surface area contributed by atoms with Gasteiger partial charge in [-0.05, 0) is 23.8 Å². The van der Waals surface area contributed by atoms with E-state index < -0.39 is 16.0 Å². The fourth-order valence-electron chi connectivity index (χ4n) is 1.80. The number of nitrogens with zero attached hydrogens (tertiary/aromatic N) is 2. The van der Waals surface area contributed by atoms with Gasteiger partial charge in [-0.15, -0.1) is 3.89 Å². The van der Waals surface area contributed by atoms with Gasteiger partial charge in [0.15, 0.2) is 0 Å². The predicted octanol–water partition coefficient (Wildman–Crippen LogP) is 1.00. The van der Waals surface area contributed by atoms with Gasteiger partial charge < -0.3 is 5.32 Å². The number of benzene rings is 1. The number of hydrogen-bond donors (Lipinski definition) is 1. The highest BCUT2D eigenvalue weighted by Gasteiger charge is 2.06. The molecule has 0 aliphatic rings. The minimum absolute atomic E-state index is 0.0187. The van der Waals surface area contributed by atoms with E-state index in [1.165, 1.54) is 10.8 Å². The second kappa shape index (κ2) is 6.49. The van der Waals surface area contributed by atoms with Gasteiger partial charge in [0.2, 0.25) is 0 Å². The van der Waals surface area contributed by atoms with E-state index in [-0.39, 0.29) is 12.2 Å². The van der Waals surface area contributed by atoms with E-state index in [0.717, 1.165) is 5.56 Å². The molecule has 0 radical (unpaired) electrons. The third-order valence-electron chi connectivity index (χ3n) is 2.74. The van der Waals surface area contributed by atoms with Crippen molar-refractivity contribution in [3.05, 3.63) is 58.8 Å². The molecule has 21 heavy (non-hydrogen) atoms. The molecule has 0 unspecified atom stereocenters. The molecule has 1 heterocycles. The van der Waals surface area contributed by atoms with Crippen molar-refractivity contribution in [3.8, 4) is 0 Å². The first-order valence-corrected chi connectivity index (χ1v) is 7.76. The molecule has 2 rings (SSSR count). The molecule has 0 spiro atoms.